The Morgan fingerprint density at radius 3 is 2.93 bits per heavy atom. The number of nitrogens with zero attached hydrogens (tertiary/aromatic N) is 1. The molecule has 0 saturated carbocycles. The third kappa shape index (κ3) is 1.28. The molecule has 0 spiro atoms. The van der Waals surface area contributed by atoms with Crippen molar-refractivity contribution in [2.45, 2.75) is 37.3 Å². The first-order chi connectivity index (χ1) is 6.86. The lowest BCUT2D eigenvalue weighted by atomic mass is 9.87. The molecule has 1 N–H and O–H groups in total. The van der Waals surface area contributed by atoms with Crippen LogP contribution in [0.2, 0.25) is 0 Å². The number of rotatable bonds is 2. The Hall–Kier alpha value is -1.09. The van der Waals surface area contributed by atoms with Crippen molar-refractivity contribution in [3.63, 3.8) is 0 Å². The van der Waals surface area contributed by atoms with E-state index in [4.69, 9.17) is 4.52 Å². The predicted molar refractivity (Wildman–Crippen MR) is 53.7 cm³/mol. The smallest absolute Gasteiger partial charge is 0.159 e. The second-order valence-corrected chi connectivity index (χ2v) is 4.32. The zero-order valence-corrected chi connectivity index (χ0v) is 8.07. The minimum atomic E-state index is 0.261. The summed E-state index contributed by atoms with van der Waals surface area (Å²) in [5, 5.41) is 7.33. The van der Waals surface area contributed by atoms with Crippen LogP contribution in [0.4, 0.5) is 0 Å². The van der Waals surface area contributed by atoms with Crippen LogP contribution in [-0.2, 0) is 0 Å². The summed E-state index contributed by atoms with van der Waals surface area (Å²) >= 11 is 0. The third-order valence-electron chi connectivity index (χ3n) is 3.39. The predicted octanol–water partition coefficient (Wildman–Crippen LogP) is 1.97. The number of fused-ring (bicyclic) bond motifs is 2. The van der Waals surface area contributed by atoms with Crippen molar-refractivity contribution in [3.8, 4) is 0 Å². The van der Waals surface area contributed by atoms with E-state index in [1.807, 2.05) is 12.1 Å². The highest BCUT2D eigenvalue weighted by atomic mass is 16.5. The topological polar surface area (TPSA) is 38.1 Å². The first-order valence-corrected chi connectivity index (χ1v) is 5.24. The van der Waals surface area contributed by atoms with Crippen molar-refractivity contribution in [3.05, 3.63) is 24.1 Å². The van der Waals surface area contributed by atoms with Gasteiger partial charge in [0.2, 0.25) is 0 Å². The average Bonchev–Trinajstić information content (AvgIpc) is 2.93. The van der Waals surface area contributed by atoms with E-state index < -0.39 is 0 Å². The third-order valence-corrected chi connectivity index (χ3v) is 3.39. The van der Waals surface area contributed by atoms with Crippen molar-refractivity contribution in [2.24, 2.45) is 0 Å². The molecule has 1 aromatic heterocycles. The quantitative estimate of drug-likeness (QED) is 0.774. The van der Waals surface area contributed by atoms with Crippen LogP contribution in [0.3, 0.4) is 0 Å². The highest BCUT2D eigenvalue weighted by molar-refractivity contribution is 5.45. The van der Waals surface area contributed by atoms with Gasteiger partial charge in [-0.1, -0.05) is 11.2 Å². The van der Waals surface area contributed by atoms with Crippen molar-refractivity contribution in [1.29, 1.82) is 0 Å². The average molecular weight is 190 g/mol. The van der Waals surface area contributed by atoms with Gasteiger partial charge in [0.05, 0.1) is 6.20 Å². The van der Waals surface area contributed by atoms with Crippen molar-refractivity contribution in [2.75, 3.05) is 0 Å². The molecule has 2 aliphatic rings. The SMILES string of the molecule is C(=C\C12CCC(CC1)N2)/c1ccno1. The zero-order chi connectivity index (χ0) is 9.43. The molecule has 0 radical (unpaired) electrons. The summed E-state index contributed by atoms with van der Waals surface area (Å²) < 4.78 is 5.03. The van der Waals surface area contributed by atoms with Crippen LogP contribution >= 0.6 is 0 Å². The fraction of sp³-hybridized carbons (Fsp3) is 0.545. The molecule has 74 valence electrons. The van der Waals surface area contributed by atoms with Gasteiger partial charge in [0, 0.05) is 17.6 Å². The van der Waals surface area contributed by atoms with E-state index in [1.165, 1.54) is 25.7 Å². The van der Waals surface area contributed by atoms with Crippen LogP contribution in [0.5, 0.6) is 0 Å². The van der Waals surface area contributed by atoms with Gasteiger partial charge in [-0.3, -0.25) is 0 Å². The highest BCUT2D eigenvalue weighted by Crippen LogP contribution is 2.38. The summed E-state index contributed by atoms with van der Waals surface area (Å²) in [5.74, 6) is 0.844. The molecule has 3 rings (SSSR count). The monoisotopic (exact) mass is 190 g/mol. The van der Waals surface area contributed by atoms with Gasteiger partial charge in [-0.15, -0.1) is 0 Å². The summed E-state index contributed by atoms with van der Waals surface area (Å²) in [7, 11) is 0. The maximum atomic E-state index is 5.03. The second-order valence-electron chi connectivity index (χ2n) is 4.32. The summed E-state index contributed by atoms with van der Waals surface area (Å²) in [4.78, 5) is 0. The molecule has 0 aliphatic carbocycles. The molecule has 3 nitrogen and oxygen atoms in total. The maximum Gasteiger partial charge on any atom is 0.159 e. The molecule has 2 aliphatic heterocycles. The molecule has 2 fully saturated rings. The zero-order valence-electron chi connectivity index (χ0n) is 8.07. The van der Waals surface area contributed by atoms with Gasteiger partial charge in [0.25, 0.3) is 0 Å². The normalized spacial score (nSPS) is 35.9. The maximum absolute atomic E-state index is 5.03. The lowest BCUT2D eigenvalue weighted by Crippen LogP contribution is -2.33. The van der Waals surface area contributed by atoms with Crippen LogP contribution in [0.15, 0.2) is 22.9 Å². The van der Waals surface area contributed by atoms with Gasteiger partial charge in [-0.05, 0) is 31.8 Å². The van der Waals surface area contributed by atoms with Gasteiger partial charge in [0.15, 0.2) is 5.76 Å². The number of hydrogen-bond donors (Lipinski definition) is 1. The lowest BCUT2D eigenvalue weighted by molar-refractivity contribution is 0.411. The van der Waals surface area contributed by atoms with Crippen LogP contribution < -0.4 is 5.32 Å². The Morgan fingerprint density at radius 2 is 2.36 bits per heavy atom. The van der Waals surface area contributed by atoms with Crippen LogP contribution in [0.1, 0.15) is 31.4 Å². The molecular weight excluding hydrogens is 176 g/mol. The molecule has 14 heavy (non-hydrogen) atoms. The van der Waals surface area contributed by atoms with Crippen LogP contribution in [0, 0.1) is 0 Å². The number of nitrogens with one attached hydrogen (secondary N) is 1. The van der Waals surface area contributed by atoms with Gasteiger partial charge in [-0.25, -0.2) is 0 Å². The molecule has 2 bridgehead atoms. The molecule has 0 unspecified atom stereocenters. The Balaban J connectivity index is 1.78. The fourth-order valence-electron chi connectivity index (χ4n) is 2.60. The second kappa shape index (κ2) is 2.95. The van der Waals surface area contributed by atoms with Gasteiger partial charge < -0.3 is 9.84 Å². The van der Waals surface area contributed by atoms with E-state index >= 15 is 0 Å². The van der Waals surface area contributed by atoms with Gasteiger partial charge >= 0.3 is 0 Å². The fourth-order valence-corrected chi connectivity index (χ4v) is 2.60. The molecule has 2 saturated heterocycles. The van der Waals surface area contributed by atoms with Crippen molar-refractivity contribution >= 4 is 6.08 Å². The largest absolute Gasteiger partial charge is 0.357 e. The summed E-state index contributed by atoms with van der Waals surface area (Å²) in [6, 6.07) is 2.64. The molecule has 3 heteroatoms. The summed E-state index contributed by atoms with van der Waals surface area (Å²) in [5.41, 5.74) is 0.261. The number of hydrogen-bond acceptors (Lipinski definition) is 3. The van der Waals surface area contributed by atoms with Gasteiger partial charge in [-0.2, -0.15) is 0 Å². The molecule has 0 aromatic carbocycles. The minimum absolute atomic E-state index is 0.261. The van der Waals surface area contributed by atoms with E-state index in [-0.39, 0.29) is 5.54 Å². The Kier molecular flexibility index (Phi) is 1.74. The Labute approximate surface area is 83.2 Å². The molecule has 1 aromatic rings. The highest BCUT2D eigenvalue weighted by Gasteiger charge is 2.42. The molecule has 0 atom stereocenters. The van der Waals surface area contributed by atoms with E-state index in [1.54, 1.807) is 6.20 Å². The lowest BCUT2D eigenvalue weighted by Gasteiger charge is -2.20. The molecule has 0 amide bonds. The summed E-state index contributed by atoms with van der Waals surface area (Å²) in [6.07, 6.45) is 11.1. The van der Waals surface area contributed by atoms with E-state index in [0.29, 0.717) is 0 Å². The minimum Gasteiger partial charge on any atom is -0.357 e. The van der Waals surface area contributed by atoms with Crippen molar-refractivity contribution < 1.29 is 4.52 Å². The Morgan fingerprint density at radius 1 is 1.50 bits per heavy atom. The number of aromatic nitrogens is 1. The Bertz CT molecular complexity index is 334. The molecule has 3 heterocycles. The first-order valence-electron chi connectivity index (χ1n) is 5.24. The van der Waals surface area contributed by atoms with Gasteiger partial charge in [0.1, 0.15) is 0 Å². The summed E-state index contributed by atoms with van der Waals surface area (Å²) in [6.45, 7) is 0. The van der Waals surface area contributed by atoms with E-state index in [0.717, 1.165) is 11.8 Å². The first kappa shape index (κ1) is 8.24. The van der Waals surface area contributed by atoms with Crippen LogP contribution in [-0.4, -0.2) is 16.7 Å². The van der Waals surface area contributed by atoms with E-state index in [2.05, 4.69) is 16.5 Å². The van der Waals surface area contributed by atoms with E-state index in [9.17, 15) is 0 Å². The standard InChI is InChI=1S/C11H14N2O/c1-5-11(6-2-9(1)13-11)7-3-10-4-8-12-14-10/h3-4,7-9,13H,1-2,5-6H2/b7-3+. The van der Waals surface area contributed by atoms with Crippen LogP contribution in [0.25, 0.3) is 6.08 Å². The molecular formula is C11H14N2O. The van der Waals surface area contributed by atoms with Crippen molar-refractivity contribution in [1.82, 2.24) is 10.5 Å².